The van der Waals surface area contributed by atoms with Crippen molar-refractivity contribution in [3.63, 3.8) is 0 Å². The highest BCUT2D eigenvalue weighted by molar-refractivity contribution is 7.71. The monoisotopic (exact) mass is 420 g/mol. The molecule has 1 N–H and O–H groups in total. The molecule has 0 amide bonds. The summed E-state index contributed by atoms with van der Waals surface area (Å²) in [5.41, 5.74) is 3.48. The minimum absolute atomic E-state index is 0.288. The van der Waals surface area contributed by atoms with E-state index in [-0.39, 0.29) is 6.04 Å². The van der Waals surface area contributed by atoms with Gasteiger partial charge in [0.05, 0.1) is 12.7 Å². The van der Waals surface area contributed by atoms with Gasteiger partial charge in [0.2, 0.25) is 4.77 Å². The molecule has 2 aromatic heterocycles. The molecule has 0 aliphatic heterocycles. The van der Waals surface area contributed by atoms with Crippen molar-refractivity contribution in [3.05, 3.63) is 89.0 Å². The zero-order valence-electron chi connectivity index (χ0n) is 17.4. The number of benzene rings is 2. The average Bonchev–Trinajstić information content (AvgIpc) is 3.40. The third-order valence-electron chi connectivity index (χ3n) is 5.55. The molecule has 0 fully saturated rings. The van der Waals surface area contributed by atoms with Gasteiger partial charge in [-0.25, -0.2) is 9.67 Å². The molecule has 1 unspecified atom stereocenters. The van der Waals surface area contributed by atoms with Crippen molar-refractivity contribution in [3.8, 4) is 5.69 Å². The first-order valence-corrected chi connectivity index (χ1v) is 10.4. The van der Waals surface area contributed by atoms with E-state index < -0.39 is 0 Å². The van der Waals surface area contributed by atoms with E-state index in [0.29, 0.717) is 6.67 Å². The van der Waals surface area contributed by atoms with Crippen LogP contribution in [0, 0.1) is 4.77 Å². The topological polar surface area (TPSA) is 57.9 Å². The maximum absolute atomic E-state index is 5.65. The predicted molar refractivity (Wildman–Crippen MR) is 118 cm³/mol. The van der Waals surface area contributed by atoms with Gasteiger partial charge in [0.15, 0.2) is 6.67 Å². The fourth-order valence-electron chi connectivity index (χ4n) is 3.48. The highest BCUT2D eigenvalue weighted by Gasteiger charge is 2.18. The smallest absolute Gasteiger partial charge is 0.202 e. The summed E-state index contributed by atoms with van der Waals surface area (Å²) in [6, 6.07) is 19.1. The Kier molecular flexibility index (Phi) is 5.87. The van der Waals surface area contributed by atoms with Crippen LogP contribution in [0.3, 0.4) is 0 Å². The van der Waals surface area contributed by atoms with Crippen LogP contribution in [0.25, 0.3) is 5.69 Å². The lowest BCUT2D eigenvalue weighted by Gasteiger charge is -2.22. The van der Waals surface area contributed by atoms with Gasteiger partial charge in [-0.15, -0.1) is 0 Å². The number of quaternary nitrogens is 1. The molecule has 0 aliphatic rings. The van der Waals surface area contributed by atoms with Gasteiger partial charge in [-0.2, -0.15) is 14.9 Å². The van der Waals surface area contributed by atoms with Gasteiger partial charge < -0.3 is 9.47 Å². The molecule has 0 saturated carbocycles. The van der Waals surface area contributed by atoms with Crippen LogP contribution in [-0.2, 0) is 20.1 Å². The molecule has 4 rings (SSSR count). The van der Waals surface area contributed by atoms with Gasteiger partial charge >= 0.3 is 0 Å². The zero-order chi connectivity index (χ0) is 21.1. The van der Waals surface area contributed by atoms with E-state index in [0.717, 1.165) is 22.7 Å². The van der Waals surface area contributed by atoms with E-state index >= 15 is 0 Å². The number of nitrogens with zero attached hydrogens (tertiary/aromatic N) is 6. The summed E-state index contributed by atoms with van der Waals surface area (Å²) in [5, 5.41) is 8.98. The number of nitrogens with one attached hydrogen (secondary N) is 1. The Bertz CT molecular complexity index is 1140. The zero-order valence-corrected chi connectivity index (χ0v) is 18.3. The van der Waals surface area contributed by atoms with Crippen LogP contribution in [0.4, 0.5) is 0 Å². The Morgan fingerprint density at radius 2 is 1.80 bits per heavy atom. The summed E-state index contributed by atoms with van der Waals surface area (Å²) in [6.07, 6.45) is 4.01. The standard InChI is InChI=1S/C22H25N7S/c1-17(19-9-11-20(12-10-19)28-15-23-14-24-28)26(2)16-29-22(30)27(3)21(25-29)13-18-7-5-4-6-8-18/h4-12,14-15,17H,13,16H2,1-3H3/p+1/t17-/m1/s1. The van der Waals surface area contributed by atoms with Crippen LogP contribution < -0.4 is 4.90 Å². The third-order valence-corrected chi connectivity index (χ3v) is 6.04. The summed E-state index contributed by atoms with van der Waals surface area (Å²) >= 11 is 5.65. The number of hydrogen-bond donors (Lipinski definition) is 1. The van der Waals surface area contributed by atoms with Crippen LogP contribution in [0.5, 0.6) is 0 Å². The highest BCUT2D eigenvalue weighted by Crippen LogP contribution is 2.13. The number of aromatic nitrogens is 6. The molecule has 2 heterocycles. The van der Waals surface area contributed by atoms with Crippen molar-refractivity contribution in [2.45, 2.75) is 26.1 Å². The Hall–Kier alpha value is -3.10. The van der Waals surface area contributed by atoms with Crippen LogP contribution in [0.15, 0.2) is 67.3 Å². The van der Waals surface area contributed by atoms with Crippen molar-refractivity contribution in [2.75, 3.05) is 7.05 Å². The molecule has 30 heavy (non-hydrogen) atoms. The first kappa shape index (κ1) is 20.2. The molecule has 0 saturated heterocycles. The normalized spacial score (nSPS) is 13.3. The molecule has 4 aromatic rings. The second kappa shape index (κ2) is 8.73. The molecular weight excluding hydrogens is 394 g/mol. The Balaban J connectivity index is 1.47. The summed E-state index contributed by atoms with van der Waals surface area (Å²) in [5.74, 6) is 0.976. The lowest BCUT2D eigenvalue weighted by Crippen LogP contribution is -3.08. The van der Waals surface area contributed by atoms with Gasteiger partial charge in [-0.05, 0) is 36.8 Å². The highest BCUT2D eigenvalue weighted by atomic mass is 32.1. The maximum Gasteiger partial charge on any atom is 0.202 e. The molecule has 2 aromatic carbocycles. The van der Waals surface area contributed by atoms with Crippen LogP contribution in [0.1, 0.15) is 29.9 Å². The van der Waals surface area contributed by atoms with E-state index in [1.54, 1.807) is 11.0 Å². The fraction of sp³-hybridized carbons (Fsp3) is 0.273. The van der Waals surface area contributed by atoms with E-state index in [9.17, 15) is 0 Å². The molecule has 154 valence electrons. The number of hydrogen-bond acceptors (Lipinski definition) is 4. The average molecular weight is 421 g/mol. The summed E-state index contributed by atoms with van der Waals surface area (Å²) < 4.78 is 6.44. The van der Waals surface area contributed by atoms with Gasteiger partial charge in [-0.1, -0.05) is 42.5 Å². The minimum atomic E-state index is 0.288. The van der Waals surface area contributed by atoms with Gasteiger partial charge in [0.1, 0.15) is 24.5 Å². The van der Waals surface area contributed by atoms with Gasteiger partial charge in [0, 0.05) is 19.0 Å². The second-order valence-corrected chi connectivity index (χ2v) is 7.94. The largest absolute Gasteiger partial charge is 0.313 e. The number of rotatable bonds is 7. The summed E-state index contributed by atoms with van der Waals surface area (Å²) in [6.45, 7) is 2.92. The van der Waals surface area contributed by atoms with Crippen molar-refractivity contribution < 1.29 is 4.90 Å². The lowest BCUT2D eigenvalue weighted by atomic mass is 10.1. The molecule has 8 heteroatoms. The summed E-state index contributed by atoms with van der Waals surface area (Å²) in [7, 11) is 4.16. The van der Waals surface area contributed by atoms with Crippen LogP contribution in [-0.4, -0.2) is 36.2 Å². The lowest BCUT2D eigenvalue weighted by molar-refractivity contribution is -0.933. The molecule has 2 atom stereocenters. The van der Waals surface area contributed by atoms with E-state index in [4.69, 9.17) is 17.3 Å². The Morgan fingerprint density at radius 3 is 2.47 bits per heavy atom. The van der Waals surface area contributed by atoms with E-state index in [1.165, 1.54) is 22.4 Å². The molecular formula is C22H26N7S+. The Labute approximate surface area is 181 Å². The minimum Gasteiger partial charge on any atom is -0.313 e. The third kappa shape index (κ3) is 4.24. The van der Waals surface area contributed by atoms with Crippen molar-refractivity contribution in [1.82, 2.24) is 29.1 Å². The first-order chi connectivity index (χ1) is 14.5. The molecule has 7 nitrogen and oxygen atoms in total. The SMILES string of the molecule is C[C@H](c1ccc(-n2cncn2)cc1)[NH+](C)Cn1nc(Cc2ccccc2)n(C)c1=S. The van der Waals surface area contributed by atoms with Crippen molar-refractivity contribution >= 4 is 12.2 Å². The second-order valence-electron chi connectivity index (χ2n) is 7.58. The van der Waals surface area contributed by atoms with E-state index in [2.05, 4.69) is 72.6 Å². The molecule has 0 bridgehead atoms. The molecule has 0 aliphatic carbocycles. The van der Waals surface area contributed by atoms with Crippen molar-refractivity contribution in [2.24, 2.45) is 7.05 Å². The molecule has 0 spiro atoms. The molecule has 0 radical (unpaired) electrons. The van der Waals surface area contributed by atoms with Crippen LogP contribution >= 0.6 is 12.2 Å². The maximum atomic E-state index is 5.65. The van der Waals surface area contributed by atoms with Crippen LogP contribution in [0.2, 0.25) is 0 Å². The quantitative estimate of drug-likeness (QED) is 0.467. The Morgan fingerprint density at radius 1 is 1.07 bits per heavy atom. The van der Waals surface area contributed by atoms with Gasteiger partial charge in [-0.3, -0.25) is 0 Å². The van der Waals surface area contributed by atoms with Gasteiger partial charge in [0.25, 0.3) is 0 Å². The summed E-state index contributed by atoms with van der Waals surface area (Å²) in [4.78, 5) is 5.31. The van der Waals surface area contributed by atoms with Crippen molar-refractivity contribution in [1.29, 1.82) is 0 Å². The fourth-order valence-corrected chi connectivity index (χ4v) is 3.69. The van der Waals surface area contributed by atoms with E-state index in [1.807, 2.05) is 22.4 Å². The predicted octanol–water partition coefficient (Wildman–Crippen LogP) is 2.36. The first-order valence-electron chi connectivity index (χ1n) is 9.97.